The van der Waals surface area contributed by atoms with Gasteiger partial charge in [0.15, 0.2) is 0 Å². The third kappa shape index (κ3) is 3.74. The van der Waals surface area contributed by atoms with Crippen LogP contribution >= 0.6 is 0 Å². The summed E-state index contributed by atoms with van der Waals surface area (Å²) in [5.74, 6) is 0. The van der Waals surface area contributed by atoms with Crippen molar-refractivity contribution in [3.63, 3.8) is 0 Å². The van der Waals surface area contributed by atoms with Crippen LogP contribution in [0.3, 0.4) is 0 Å². The van der Waals surface area contributed by atoms with Crippen LogP contribution in [0.25, 0.3) is 0 Å². The quantitative estimate of drug-likeness (QED) is 0.651. The first-order valence-corrected chi connectivity index (χ1v) is 6.29. The topological polar surface area (TPSA) is 41.3 Å². The van der Waals surface area contributed by atoms with Crippen molar-refractivity contribution in [2.24, 2.45) is 5.73 Å². The van der Waals surface area contributed by atoms with E-state index in [0.29, 0.717) is 5.54 Å². The highest BCUT2D eigenvalue weighted by Crippen LogP contribution is 2.31. The summed E-state index contributed by atoms with van der Waals surface area (Å²) in [7, 11) is 4.44. The molecule has 0 heterocycles. The maximum absolute atomic E-state index is 5.49. The van der Waals surface area contributed by atoms with Gasteiger partial charge in [0, 0.05) is 12.1 Å². The standard InChI is InChI=1S/C12H27N3/c1-15(2)12(7-4-3-5-8-12)11-14-10-6-9-13/h14H,3-11,13H2,1-2H3. The van der Waals surface area contributed by atoms with Crippen LogP contribution in [0.2, 0.25) is 0 Å². The zero-order valence-electron chi connectivity index (χ0n) is 10.4. The van der Waals surface area contributed by atoms with Crippen molar-refractivity contribution in [3.05, 3.63) is 0 Å². The van der Waals surface area contributed by atoms with E-state index in [2.05, 4.69) is 24.3 Å². The molecule has 0 aliphatic heterocycles. The number of rotatable bonds is 6. The van der Waals surface area contributed by atoms with E-state index in [4.69, 9.17) is 5.73 Å². The molecule has 0 aromatic carbocycles. The Hall–Kier alpha value is -0.120. The summed E-state index contributed by atoms with van der Waals surface area (Å²) in [6, 6.07) is 0. The smallest absolute Gasteiger partial charge is 0.0327 e. The average molecular weight is 213 g/mol. The molecular weight excluding hydrogens is 186 g/mol. The Bertz CT molecular complexity index is 162. The van der Waals surface area contributed by atoms with E-state index in [9.17, 15) is 0 Å². The van der Waals surface area contributed by atoms with Crippen molar-refractivity contribution in [3.8, 4) is 0 Å². The van der Waals surface area contributed by atoms with Crippen molar-refractivity contribution < 1.29 is 0 Å². The Kier molecular flexibility index (Phi) is 5.58. The molecule has 0 radical (unpaired) electrons. The third-order valence-corrected chi connectivity index (χ3v) is 3.74. The SMILES string of the molecule is CN(C)C1(CNCCCN)CCCCC1. The molecule has 0 aromatic rings. The average Bonchev–Trinajstić information content (AvgIpc) is 2.26. The van der Waals surface area contributed by atoms with Crippen LogP contribution in [0.5, 0.6) is 0 Å². The molecule has 0 amide bonds. The van der Waals surface area contributed by atoms with Crippen LogP contribution in [-0.4, -0.2) is 44.2 Å². The summed E-state index contributed by atoms with van der Waals surface area (Å²) >= 11 is 0. The molecule has 3 nitrogen and oxygen atoms in total. The number of likely N-dealkylation sites (N-methyl/N-ethyl adjacent to an activating group) is 1. The zero-order valence-corrected chi connectivity index (χ0v) is 10.4. The van der Waals surface area contributed by atoms with Gasteiger partial charge in [-0.1, -0.05) is 19.3 Å². The van der Waals surface area contributed by atoms with Crippen LogP contribution in [0.4, 0.5) is 0 Å². The number of nitrogens with two attached hydrogens (primary N) is 1. The first-order valence-electron chi connectivity index (χ1n) is 6.29. The summed E-state index contributed by atoms with van der Waals surface area (Å²) in [6.07, 6.45) is 7.96. The molecule has 3 heteroatoms. The molecule has 15 heavy (non-hydrogen) atoms. The highest BCUT2D eigenvalue weighted by molar-refractivity contribution is 4.92. The molecule has 0 spiro atoms. The second-order valence-electron chi connectivity index (χ2n) is 5.00. The lowest BCUT2D eigenvalue weighted by Crippen LogP contribution is -2.53. The first-order chi connectivity index (χ1) is 7.21. The van der Waals surface area contributed by atoms with E-state index in [1.165, 1.54) is 32.1 Å². The Morgan fingerprint density at radius 2 is 1.87 bits per heavy atom. The maximum atomic E-state index is 5.49. The Morgan fingerprint density at radius 3 is 2.40 bits per heavy atom. The molecule has 1 saturated carbocycles. The van der Waals surface area contributed by atoms with E-state index in [0.717, 1.165) is 26.1 Å². The van der Waals surface area contributed by atoms with E-state index in [1.807, 2.05) is 0 Å². The number of hydrogen-bond donors (Lipinski definition) is 2. The van der Waals surface area contributed by atoms with E-state index in [1.54, 1.807) is 0 Å². The second kappa shape index (κ2) is 6.46. The van der Waals surface area contributed by atoms with E-state index < -0.39 is 0 Å². The number of nitrogens with one attached hydrogen (secondary N) is 1. The van der Waals surface area contributed by atoms with Gasteiger partial charge in [-0.3, -0.25) is 0 Å². The molecule has 0 bridgehead atoms. The fraction of sp³-hybridized carbons (Fsp3) is 1.00. The van der Waals surface area contributed by atoms with Crippen molar-refractivity contribution in [2.45, 2.75) is 44.1 Å². The van der Waals surface area contributed by atoms with Crippen LogP contribution in [0.1, 0.15) is 38.5 Å². The van der Waals surface area contributed by atoms with Crippen LogP contribution < -0.4 is 11.1 Å². The molecule has 1 aliphatic rings. The minimum Gasteiger partial charge on any atom is -0.330 e. The lowest BCUT2D eigenvalue weighted by molar-refractivity contribution is 0.0989. The summed E-state index contributed by atoms with van der Waals surface area (Å²) in [5.41, 5.74) is 5.90. The molecule has 3 N–H and O–H groups in total. The van der Waals surface area contributed by atoms with Crippen LogP contribution in [0, 0.1) is 0 Å². The second-order valence-corrected chi connectivity index (χ2v) is 5.00. The highest BCUT2D eigenvalue weighted by atomic mass is 15.2. The summed E-state index contributed by atoms with van der Waals surface area (Å²) in [4.78, 5) is 2.42. The Morgan fingerprint density at radius 1 is 1.20 bits per heavy atom. The van der Waals surface area contributed by atoms with Gasteiger partial charge in [-0.25, -0.2) is 0 Å². The molecular formula is C12H27N3. The van der Waals surface area contributed by atoms with Crippen LogP contribution in [0.15, 0.2) is 0 Å². The number of nitrogens with zero attached hydrogens (tertiary/aromatic N) is 1. The van der Waals surface area contributed by atoms with E-state index in [-0.39, 0.29) is 0 Å². The number of hydrogen-bond acceptors (Lipinski definition) is 3. The molecule has 0 saturated heterocycles. The van der Waals surface area contributed by atoms with Gasteiger partial charge in [0.1, 0.15) is 0 Å². The predicted molar refractivity (Wildman–Crippen MR) is 66.0 cm³/mol. The van der Waals surface area contributed by atoms with Gasteiger partial charge in [-0.15, -0.1) is 0 Å². The van der Waals surface area contributed by atoms with Crippen molar-refractivity contribution in [1.29, 1.82) is 0 Å². The first kappa shape index (κ1) is 12.9. The normalized spacial score (nSPS) is 20.8. The van der Waals surface area contributed by atoms with E-state index >= 15 is 0 Å². The fourth-order valence-corrected chi connectivity index (χ4v) is 2.54. The molecule has 1 fully saturated rings. The predicted octanol–water partition coefficient (Wildman–Crippen LogP) is 1.19. The molecule has 90 valence electrons. The molecule has 0 atom stereocenters. The van der Waals surface area contributed by atoms with Gasteiger partial charge in [-0.2, -0.15) is 0 Å². The zero-order chi connectivity index (χ0) is 11.1. The van der Waals surface area contributed by atoms with Gasteiger partial charge in [0.25, 0.3) is 0 Å². The van der Waals surface area contributed by atoms with Gasteiger partial charge in [0.2, 0.25) is 0 Å². The minimum absolute atomic E-state index is 0.410. The van der Waals surface area contributed by atoms with Gasteiger partial charge >= 0.3 is 0 Å². The van der Waals surface area contributed by atoms with Gasteiger partial charge in [0.05, 0.1) is 0 Å². The minimum atomic E-state index is 0.410. The van der Waals surface area contributed by atoms with Crippen LogP contribution in [-0.2, 0) is 0 Å². The molecule has 0 unspecified atom stereocenters. The summed E-state index contributed by atoms with van der Waals surface area (Å²) in [6.45, 7) is 2.98. The van der Waals surface area contributed by atoms with Gasteiger partial charge < -0.3 is 16.0 Å². The monoisotopic (exact) mass is 213 g/mol. The fourth-order valence-electron chi connectivity index (χ4n) is 2.54. The lowest BCUT2D eigenvalue weighted by atomic mass is 9.80. The molecule has 0 aromatic heterocycles. The molecule has 1 rings (SSSR count). The van der Waals surface area contributed by atoms with Crippen molar-refractivity contribution in [1.82, 2.24) is 10.2 Å². The molecule has 1 aliphatic carbocycles. The van der Waals surface area contributed by atoms with Crippen molar-refractivity contribution >= 4 is 0 Å². The summed E-state index contributed by atoms with van der Waals surface area (Å²) < 4.78 is 0. The Balaban J connectivity index is 2.35. The highest BCUT2D eigenvalue weighted by Gasteiger charge is 2.33. The third-order valence-electron chi connectivity index (χ3n) is 3.74. The Labute approximate surface area is 94.4 Å². The van der Waals surface area contributed by atoms with Gasteiger partial charge in [-0.05, 0) is 46.4 Å². The summed E-state index contributed by atoms with van der Waals surface area (Å²) in [5, 5.41) is 3.56. The van der Waals surface area contributed by atoms with Crippen molar-refractivity contribution in [2.75, 3.05) is 33.7 Å². The largest absolute Gasteiger partial charge is 0.330 e. The maximum Gasteiger partial charge on any atom is 0.0327 e. The lowest BCUT2D eigenvalue weighted by Gasteiger charge is -2.43.